The molecule has 19 heavy (non-hydrogen) atoms. The number of hydrogen-bond acceptors (Lipinski definition) is 4. The van der Waals surface area contributed by atoms with Crippen molar-refractivity contribution >= 4 is 11.8 Å². The fourth-order valence-electron chi connectivity index (χ4n) is 2.04. The molecule has 0 spiro atoms. The van der Waals surface area contributed by atoms with Gasteiger partial charge in [-0.15, -0.1) is 11.8 Å². The van der Waals surface area contributed by atoms with E-state index in [0.29, 0.717) is 0 Å². The van der Waals surface area contributed by atoms with Crippen molar-refractivity contribution in [1.82, 2.24) is 10.4 Å². The van der Waals surface area contributed by atoms with E-state index in [9.17, 15) is 0 Å². The van der Waals surface area contributed by atoms with Gasteiger partial charge < -0.3 is 0 Å². The monoisotopic (exact) mass is 273 g/mol. The Kier molecular flexibility index (Phi) is 4.96. The molecule has 0 amide bonds. The standard InChI is InChI=1S/C15H19N3S/c1-3-19-14-6-4-12(5-7-14)15(18-16)13-8-11(2)9-17-10-13/h4-10,15,18H,3,16H2,1-2H3. The smallest absolute Gasteiger partial charge is 0.0725 e. The molecule has 0 aliphatic heterocycles. The second kappa shape index (κ2) is 6.70. The number of benzene rings is 1. The maximum absolute atomic E-state index is 5.70. The van der Waals surface area contributed by atoms with E-state index in [2.05, 4.69) is 47.7 Å². The first-order valence-corrected chi connectivity index (χ1v) is 7.33. The van der Waals surface area contributed by atoms with Crippen LogP contribution in [0, 0.1) is 6.92 Å². The number of aryl methyl sites for hydroxylation is 1. The Bertz CT molecular complexity index is 525. The molecule has 0 radical (unpaired) electrons. The van der Waals surface area contributed by atoms with E-state index in [1.165, 1.54) is 4.90 Å². The van der Waals surface area contributed by atoms with Crippen LogP contribution in [0.25, 0.3) is 0 Å². The zero-order valence-corrected chi connectivity index (χ0v) is 12.1. The minimum Gasteiger partial charge on any atom is -0.271 e. The third-order valence-corrected chi connectivity index (χ3v) is 3.81. The largest absolute Gasteiger partial charge is 0.271 e. The molecule has 1 heterocycles. The van der Waals surface area contributed by atoms with Crippen LogP contribution in [-0.2, 0) is 0 Å². The molecule has 1 unspecified atom stereocenters. The molecule has 2 rings (SSSR count). The zero-order chi connectivity index (χ0) is 13.7. The van der Waals surface area contributed by atoms with Crippen LogP contribution in [-0.4, -0.2) is 10.7 Å². The predicted molar refractivity (Wildman–Crippen MR) is 81.0 cm³/mol. The van der Waals surface area contributed by atoms with E-state index < -0.39 is 0 Å². The summed E-state index contributed by atoms with van der Waals surface area (Å²) in [5, 5.41) is 0. The number of nitrogens with zero attached hydrogens (tertiary/aromatic N) is 1. The summed E-state index contributed by atoms with van der Waals surface area (Å²) < 4.78 is 0. The third-order valence-electron chi connectivity index (χ3n) is 2.92. The number of pyridine rings is 1. The van der Waals surface area contributed by atoms with Crippen molar-refractivity contribution in [3.8, 4) is 0 Å². The number of hydrogen-bond donors (Lipinski definition) is 2. The molecular weight excluding hydrogens is 254 g/mol. The predicted octanol–water partition coefficient (Wildman–Crippen LogP) is 3.05. The van der Waals surface area contributed by atoms with E-state index in [1.54, 1.807) is 0 Å². The molecule has 1 aromatic carbocycles. The van der Waals surface area contributed by atoms with E-state index in [0.717, 1.165) is 22.4 Å². The Balaban J connectivity index is 2.26. The molecule has 0 saturated carbocycles. The zero-order valence-electron chi connectivity index (χ0n) is 11.3. The SMILES string of the molecule is CCSc1ccc(C(NN)c2cncc(C)c2)cc1. The highest BCUT2D eigenvalue weighted by atomic mass is 32.2. The van der Waals surface area contributed by atoms with Gasteiger partial charge in [-0.2, -0.15) is 0 Å². The van der Waals surface area contributed by atoms with Gasteiger partial charge in [0, 0.05) is 17.3 Å². The summed E-state index contributed by atoms with van der Waals surface area (Å²) in [5.41, 5.74) is 6.23. The molecule has 0 aliphatic carbocycles. The Morgan fingerprint density at radius 1 is 1.21 bits per heavy atom. The Hall–Kier alpha value is -1.36. The van der Waals surface area contributed by atoms with Gasteiger partial charge in [0.25, 0.3) is 0 Å². The lowest BCUT2D eigenvalue weighted by atomic mass is 10.00. The number of hydrazine groups is 1. The summed E-state index contributed by atoms with van der Waals surface area (Å²) in [6, 6.07) is 10.6. The number of thioether (sulfide) groups is 1. The van der Waals surface area contributed by atoms with E-state index >= 15 is 0 Å². The van der Waals surface area contributed by atoms with Crippen molar-refractivity contribution < 1.29 is 0 Å². The van der Waals surface area contributed by atoms with Crippen molar-refractivity contribution in [2.75, 3.05) is 5.75 Å². The Morgan fingerprint density at radius 3 is 2.53 bits per heavy atom. The highest BCUT2D eigenvalue weighted by molar-refractivity contribution is 7.99. The van der Waals surface area contributed by atoms with Crippen LogP contribution in [0.1, 0.15) is 29.7 Å². The van der Waals surface area contributed by atoms with Crippen LogP contribution >= 0.6 is 11.8 Å². The summed E-state index contributed by atoms with van der Waals surface area (Å²) >= 11 is 1.84. The molecule has 4 heteroatoms. The summed E-state index contributed by atoms with van der Waals surface area (Å²) in [5.74, 6) is 6.78. The highest BCUT2D eigenvalue weighted by Gasteiger charge is 2.12. The molecule has 100 valence electrons. The van der Waals surface area contributed by atoms with E-state index in [4.69, 9.17) is 5.84 Å². The lowest BCUT2D eigenvalue weighted by molar-refractivity contribution is 0.634. The molecule has 0 saturated heterocycles. The first-order chi connectivity index (χ1) is 9.24. The molecule has 3 nitrogen and oxygen atoms in total. The minimum absolute atomic E-state index is 0.0203. The number of nitrogens with two attached hydrogens (primary N) is 1. The fraction of sp³-hybridized carbons (Fsp3) is 0.267. The molecule has 0 fully saturated rings. The summed E-state index contributed by atoms with van der Waals surface area (Å²) in [6.45, 7) is 4.19. The number of rotatable bonds is 5. The molecule has 1 aromatic heterocycles. The number of nitrogens with one attached hydrogen (secondary N) is 1. The van der Waals surface area contributed by atoms with Crippen molar-refractivity contribution in [3.05, 3.63) is 59.4 Å². The van der Waals surface area contributed by atoms with Crippen LogP contribution in [0.4, 0.5) is 0 Å². The summed E-state index contributed by atoms with van der Waals surface area (Å²) in [7, 11) is 0. The van der Waals surface area contributed by atoms with Gasteiger partial charge in [-0.25, -0.2) is 5.43 Å². The molecular formula is C15H19N3S. The minimum atomic E-state index is -0.0203. The normalized spacial score (nSPS) is 12.4. The molecule has 2 aromatic rings. The Labute approximate surface area is 118 Å². The van der Waals surface area contributed by atoms with Crippen molar-refractivity contribution in [1.29, 1.82) is 0 Å². The van der Waals surface area contributed by atoms with Gasteiger partial charge >= 0.3 is 0 Å². The van der Waals surface area contributed by atoms with E-state index in [1.807, 2.05) is 31.1 Å². The molecule has 3 N–H and O–H groups in total. The van der Waals surface area contributed by atoms with Gasteiger partial charge in [-0.05, 0) is 41.5 Å². The molecule has 1 atom stereocenters. The first kappa shape index (κ1) is 14.1. The lowest BCUT2D eigenvalue weighted by Gasteiger charge is -2.17. The average Bonchev–Trinajstić information content (AvgIpc) is 2.42. The van der Waals surface area contributed by atoms with Crippen LogP contribution in [0.15, 0.2) is 47.6 Å². The third kappa shape index (κ3) is 3.56. The van der Waals surface area contributed by atoms with Crippen LogP contribution < -0.4 is 11.3 Å². The van der Waals surface area contributed by atoms with Gasteiger partial charge in [0.05, 0.1) is 6.04 Å². The fourth-order valence-corrected chi connectivity index (χ4v) is 2.71. The second-order valence-corrected chi connectivity index (χ2v) is 5.73. The topological polar surface area (TPSA) is 50.9 Å². The molecule has 0 bridgehead atoms. The van der Waals surface area contributed by atoms with Gasteiger partial charge in [-0.3, -0.25) is 10.8 Å². The number of aromatic nitrogens is 1. The quantitative estimate of drug-likeness (QED) is 0.499. The lowest BCUT2D eigenvalue weighted by Crippen LogP contribution is -2.28. The van der Waals surface area contributed by atoms with Crippen LogP contribution in [0.2, 0.25) is 0 Å². The maximum Gasteiger partial charge on any atom is 0.0725 e. The van der Waals surface area contributed by atoms with Crippen LogP contribution in [0.5, 0.6) is 0 Å². The first-order valence-electron chi connectivity index (χ1n) is 6.35. The van der Waals surface area contributed by atoms with Gasteiger partial charge in [0.2, 0.25) is 0 Å². The Morgan fingerprint density at radius 2 is 1.95 bits per heavy atom. The summed E-state index contributed by atoms with van der Waals surface area (Å²) in [6.07, 6.45) is 3.70. The van der Waals surface area contributed by atoms with Crippen LogP contribution in [0.3, 0.4) is 0 Å². The second-order valence-electron chi connectivity index (χ2n) is 4.40. The highest BCUT2D eigenvalue weighted by Crippen LogP contribution is 2.24. The van der Waals surface area contributed by atoms with Gasteiger partial charge in [-0.1, -0.05) is 25.1 Å². The van der Waals surface area contributed by atoms with Crippen molar-refractivity contribution in [2.24, 2.45) is 5.84 Å². The van der Waals surface area contributed by atoms with E-state index in [-0.39, 0.29) is 6.04 Å². The average molecular weight is 273 g/mol. The van der Waals surface area contributed by atoms with Crippen molar-refractivity contribution in [3.63, 3.8) is 0 Å². The van der Waals surface area contributed by atoms with Crippen molar-refractivity contribution in [2.45, 2.75) is 24.8 Å². The summed E-state index contributed by atoms with van der Waals surface area (Å²) in [4.78, 5) is 5.51. The van der Waals surface area contributed by atoms with Gasteiger partial charge in [0.15, 0.2) is 0 Å². The van der Waals surface area contributed by atoms with Gasteiger partial charge in [0.1, 0.15) is 0 Å². The molecule has 0 aliphatic rings. The maximum atomic E-state index is 5.70.